The molecule has 0 aromatic heterocycles. The summed E-state index contributed by atoms with van der Waals surface area (Å²) in [5, 5.41) is 3.97. The second-order valence-corrected chi connectivity index (χ2v) is 6.81. The zero-order valence-corrected chi connectivity index (χ0v) is 18.6. The molecule has 0 saturated heterocycles. The Hall–Kier alpha value is -3.22. The van der Waals surface area contributed by atoms with Crippen molar-refractivity contribution in [2.45, 2.75) is 39.5 Å². The Kier molecular flexibility index (Phi) is 10.8. The number of carbonyl (C=O) groups is 1. The van der Waals surface area contributed by atoms with Crippen LogP contribution in [0.25, 0.3) is 0 Å². The Bertz CT molecular complexity index is 821. The predicted molar refractivity (Wildman–Crippen MR) is 121 cm³/mol. The molecule has 0 atom stereocenters. The summed E-state index contributed by atoms with van der Waals surface area (Å²) in [7, 11) is 1.60. The van der Waals surface area contributed by atoms with Gasteiger partial charge in [-0.25, -0.2) is 5.43 Å². The number of unbranched alkanes of at least 4 members (excludes halogenated alkanes) is 3. The number of ether oxygens (including phenoxy) is 4. The van der Waals surface area contributed by atoms with Crippen molar-refractivity contribution in [3.05, 3.63) is 48.0 Å². The molecule has 0 aliphatic rings. The van der Waals surface area contributed by atoms with Crippen LogP contribution in [0.5, 0.6) is 23.0 Å². The minimum absolute atomic E-state index is 0.139. The van der Waals surface area contributed by atoms with Crippen molar-refractivity contribution in [1.82, 2.24) is 5.43 Å². The first-order chi connectivity index (χ1) is 15.2. The third kappa shape index (κ3) is 8.99. The van der Waals surface area contributed by atoms with E-state index in [2.05, 4.69) is 17.5 Å². The highest BCUT2D eigenvalue weighted by atomic mass is 16.5. The molecule has 0 heterocycles. The Morgan fingerprint density at radius 2 is 1.68 bits per heavy atom. The first kappa shape index (κ1) is 24.1. The van der Waals surface area contributed by atoms with E-state index in [0.717, 1.165) is 24.2 Å². The molecule has 0 fully saturated rings. The zero-order valence-electron chi connectivity index (χ0n) is 18.6. The maximum atomic E-state index is 11.9. The maximum Gasteiger partial charge on any atom is 0.277 e. The van der Waals surface area contributed by atoms with E-state index in [0.29, 0.717) is 30.5 Å². The number of benzene rings is 2. The standard InChI is InChI=1S/C24H32N2O5/c1-4-6-7-8-15-30-22-14-9-19(16-23(22)28-3)17-25-26-24(27)18-31-21-12-10-20(11-13-21)29-5-2/h9-14,16-17H,4-8,15,18H2,1-3H3,(H,26,27)/b25-17+. The lowest BCUT2D eigenvalue weighted by atomic mass is 10.2. The van der Waals surface area contributed by atoms with E-state index >= 15 is 0 Å². The van der Waals surface area contributed by atoms with Gasteiger partial charge in [-0.15, -0.1) is 0 Å². The molecule has 0 spiro atoms. The van der Waals surface area contributed by atoms with Crippen molar-refractivity contribution < 1.29 is 23.7 Å². The molecule has 0 saturated carbocycles. The molecule has 7 nitrogen and oxygen atoms in total. The lowest BCUT2D eigenvalue weighted by Crippen LogP contribution is -2.24. The van der Waals surface area contributed by atoms with Gasteiger partial charge >= 0.3 is 0 Å². The second kappa shape index (κ2) is 13.9. The van der Waals surface area contributed by atoms with Gasteiger partial charge in [0.05, 0.1) is 26.5 Å². The lowest BCUT2D eigenvalue weighted by Gasteiger charge is -2.11. The molecule has 0 bridgehead atoms. The van der Waals surface area contributed by atoms with Crippen LogP contribution in [0.1, 0.15) is 45.1 Å². The van der Waals surface area contributed by atoms with Gasteiger partial charge in [-0.1, -0.05) is 26.2 Å². The van der Waals surface area contributed by atoms with Crippen LogP contribution < -0.4 is 24.4 Å². The molecule has 31 heavy (non-hydrogen) atoms. The van der Waals surface area contributed by atoms with Gasteiger partial charge < -0.3 is 18.9 Å². The Morgan fingerprint density at radius 3 is 2.35 bits per heavy atom. The number of methoxy groups -OCH3 is 1. The van der Waals surface area contributed by atoms with E-state index in [1.165, 1.54) is 12.8 Å². The third-order valence-corrected chi connectivity index (χ3v) is 4.35. The van der Waals surface area contributed by atoms with Crippen LogP contribution in [0.2, 0.25) is 0 Å². The van der Waals surface area contributed by atoms with Crippen LogP contribution in [0.15, 0.2) is 47.6 Å². The number of rotatable bonds is 14. The van der Waals surface area contributed by atoms with Gasteiger partial charge in [-0.2, -0.15) is 5.10 Å². The van der Waals surface area contributed by atoms with Crippen molar-refractivity contribution >= 4 is 12.1 Å². The summed E-state index contributed by atoms with van der Waals surface area (Å²) in [4.78, 5) is 11.9. The average molecular weight is 429 g/mol. The topological polar surface area (TPSA) is 78.4 Å². The quantitative estimate of drug-likeness (QED) is 0.271. The third-order valence-electron chi connectivity index (χ3n) is 4.35. The summed E-state index contributed by atoms with van der Waals surface area (Å²) in [6.45, 7) is 5.22. The molecule has 2 aromatic carbocycles. The Labute approximate surface area is 184 Å². The van der Waals surface area contributed by atoms with Crippen molar-refractivity contribution in [3.8, 4) is 23.0 Å². The van der Waals surface area contributed by atoms with Gasteiger partial charge in [-0.05, 0) is 61.4 Å². The molecule has 7 heteroatoms. The molecule has 0 aliphatic heterocycles. The molecule has 0 radical (unpaired) electrons. The van der Waals surface area contributed by atoms with Crippen LogP contribution in [0.3, 0.4) is 0 Å². The minimum atomic E-state index is -0.357. The van der Waals surface area contributed by atoms with E-state index in [9.17, 15) is 4.79 Å². The van der Waals surface area contributed by atoms with E-state index < -0.39 is 0 Å². The first-order valence-electron chi connectivity index (χ1n) is 10.6. The fourth-order valence-corrected chi connectivity index (χ4v) is 2.75. The summed E-state index contributed by atoms with van der Waals surface area (Å²) in [5.74, 6) is 2.31. The average Bonchev–Trinajstić information content (AvgIpc) is 2.79. The molecule has 2 aromatic rings. The number of carbonyl (C=O) groups excluding carboxylic acids is 1. The van der Waals surface area contributed by atoms with Crippen LogP contribution in [0, 0.1) is 0 Å². The van der Waals surface area contributed by atoms with Crippen molar-refractivity contribution in [3.63, 3.8) is 0 Å². The van der Waals surface area contributed by atoms with Crippen LogP contribution in [0.4, 0.5) is 0 Å². The summed E-state index contributed by atoms with van der Waals surface area (Å²) < 4.78 is 22.0. The molecule has 1 N–H and O–H groups in total. The van der Waals surface area contributed by atoms with E-state index in [1.807, 2.05) is 25.1 Å². The number of hydrogen-bond donors (Lipinski definition) is 1. The summed E-state index contributed by atoms with van der Waals surface area (Å²) in [5.41, 5.74) is 3.23. The van der Waals surface area contributed by atoms with E-state index in [-0.39, 0.29) is 12.5 Å². The second-order valence-electron chi connectivity index (χ2n) is 6.81. The van der Waals surface area contributed by atoms with Gasteiger partial charge in [0.2, 0.25) is 0 Å². The van der Waals surface area contributed by atoms with E-state index in [1.54, 1.807) is 37.6 Å². The number of hydrogen-bond acceptors (Lipinski definition) is 6. The lowest BCUT2D eigenvalue weighted by molar-refractivity contribution is -0.123. The summed E-state index contributed by atoms with van der Waals surface area (Å²) >= 11 is 0. The maximum absolute atomic E-state index is 11.9. The number of hydrazone groups is 1. The predicted octanol–water partition coefficient (Wildman–Crippen LogP) is 4.58. The molecule has 0 unspecified atom stereocenters. The molecule has 168 valence electrons. The van der Waals surface area contributed by atoms with Crippen LogP contribution in [-0.2, 0) is 4.79 Å². The van der Waals surface area contributed by atoms with Gasteiger partial charge in [-0.3, -0.25) is 4.79 Å². The Morgan fingerprint density at radius 1 is 0.935 bits per heavy atom. The highest BCUT2D eigenvalue weighted by Gasteiger charge is 2.06. The van der Waals surface area contributed by atoms with Gasteiger partial charge in [0.15, 0.2) is 18.1 Å². The summed E-state index contributed by atoms with van der Waals surface area (Å²) in [6, 6.07) is 12.6. The fraction of sp³-hybridized carbons (Fsp3) is 0.417. The molecule has 0 aliphatic carbocycles. The van der Waals surface area contributed by atoms with Gasteiger partial charge in [0.1, 0.15) is 11.5 Å². The van der Waals surface area contributed by atoms with Crippen molar-refractivity contribution in [2.24, 2.45) is 5.10 Å². The molecular weight excluding hydrogens is 396 g/mol. The normalized spacial score (nSPS) is 10.7. The monoisotopic (exact) mass is 428 g/mol. The SMILES string of the molecule is CCCCCCOc1ccc(/C=N/NC(=O)COc2ccc(OCC)cc2)cc1OC. The van der Waals surface area contributed by atoms with Gasteiger partial charge in [0.25, 0.3) is 5.91 Å². The largest absolute Gasteiger partial charge is 0.494 e. The highest BCUT2D eigenvalue weighted by Crippen LogP contribution is 2.27. The number of amides is 1. The van der Waals surface area contributed by atoms with Crippen LogP contribution in [-0.4, -0.2) is 39.1 Å². The van der Waals surface area contributed by atoms with Crippen LogP contribution >= 0.6 is 0 Å². The van der Waals surface area contributed by atoms with Gasteiger partial charge in [0, 0.05) is 0 Å². The highest BCUT2D eigenvalue weighted by molar-refractivity contribution is 5.83. The summed E-state index contributed by atoms with van der Waals surface area (Å²) in [6.07, 6.45) is 6.13. The molecule has 1 amide bonds. The molecular formula is C24H32N2O5. The fourth-order valence-electron chi connectivity index (χ4n) is 2.75. The van der Waals surface area contributed by atoms with Crippen molar-refractivity contribution in [2.75, 3.05) is 26.9 Å². The first-order valence-corrected chi connectivity index (χ1v) is 10.6. The number of nitrogens with one attached hydrogen (secondary N) is 1. The number of nitrogens with zero attached hydrogens (tertiary/aromatic N) is 1. The zero-order chi connectivity index (χ0) is 22.3. The van der Waals surface area contributed by atoms with E-state index in [4.69, 9.17) is 18.9 Å². The minimum Gasteiger partial charge on any atom is -0.494 e. The molecule has 2 rings (SSSR count). The Balaban J connectivity index is 1.78. The van der Waals surface area contributed by atoms with Crippen molar-refractivity contribution in [1.29, 1.82) is 0 Å². The smallest absolute Gasteiger partial charge is 0.277 e.